The van der Waals surface area contributed by atoms with Crippen LogP contribution in [0.2, 0.25) is 0 Å². The van der Waals surface area contributed by atoms with E-state index in [1.807, 2.05) is 0 Å². The maximum Gasteiger partial charge on any atom is 0.00659 e. The Morgan fingerprint density at radius 1 is 1.30 bits per heavy atom. The molecule has 0 amide bonds. The molecule has 0 aromatic carbocycles. The van der Waals surface area contributed by atoms with Gasteiger partial charge in [0, 0.05) is 5.33 Å². The van der Waals surface area contributed by atoms with Gasteiger partial charge in [-0.1, -0.05) is 47.3 Å². The predicted octanol–water partition coefficient (Wildman–Crippen LogP) is 3.52. The summed E-state index contributed by atoms with van der Waals surface area (Å²) < 4.78 is 0. The number of allylic oxidation sites excluding steroid dienone is 2. The smallest absolute Gasteiger partial charge is 0.00659 e. The molecule has 0 aliphatic heterocycles. The molecule has 0 radical (unpaired) electrons. The zero-order valence-corrected chi connectivity index (χ0v) is 7.94. The van der Waals surface area contributed by atoms with E-state index in [1.54, 1.807) is 0 Å². The largest absolute Gasteiger partial charge is 0.0925 e. The first-order valence-electron chi connectivity index (χ1n) is 4.14. The third-order valence-electron chi connectivity index (χ3n) is 2.14. The Bertz CT molecular complexity index is 103. The van der Waals surface area contributed by atoms with Gasteiger partial charge in [-0.25, -0.2) is 0 Å². The van der Waals surface area contributed by atoms with E-state index >= 15 is 0 Å². The summed E-state index contributed by atoms with van der Waals surface area (Å²) in [5.74, 6) is 1.03. The number of rotatable bonds is 4. The molecule has 0 spiro atoms. The van der Waals surface area contributed by atoms with E-state index in [0.717, 1.165) is 11.2 Å². The Morgan fingerprint density at radius 3 is 2.60 bits per heavy atom. The van der Waals surface area contributed by atoms with Crippen LogP contribution in [0.3, 0.4) is 0 Å². The van der Waals surface area contributed by atoms with Crippen LogP contribution in [-0.4, -0.2) is 5.33 Å². The highest BCUT2D eigenvalue weighted by Gasteiger charge is 2.14. The van der Waals surface area contributed by atoms with Gasteiger partial charge in [-0.2, -0.15) is 0 Å². The molecule has 10 heavy (non-hydrogen) atoms. The molecule has 58 valence electrons. The highest BCUT2D eigenvalue weighted by atomic mass is 79.9. The molecule has 0 aromatic rings. The highest BCUT2D eigenvalue weighted by Crippen LogP contribution is 2.29. The summed E-state index contributed by atoms with van der Waals surface area (Å²) in [6.45, 7) is 0. The standard InChI is InChI=1S/C9H15Br/c10-8-3-1-2-5-9-6-4-7-9/h1-2,9H,3-8H2/b2-1+. The molecule has 0 nitrogen and oxygen atoms in total. The molecule has 1 heteroatoms. The second-order valence-electron chi connectivity index (χ2n) is 2.98. The maximum absolute atomic E-state index is 3.40. The van der Waals surface area contributed by atoms with Crippen molar-refractivity contribution in [2.45, 2.75) is 32.1 Å². The average Bonchev–Trinajstić information content (AvgIpc) is 1.84. The zero-order chi connectivity index (χ0) is 7.23. The van der Waals surface area contributed by atoms with Crippen molar-refractivity contribution in [3.05, 3.63) is 12.2 Å². The SMILES string of the molecule is BrCC/C=C/CC1CCC1. The van der Waals surface area contributed by atoms with Crippen molar-refractivity contribution in [1.29, 1.82) is 0 Å². The first kappa shape index (κ1) is 8.32. The van der Waals surface area contributed by atoms with Crippen molar-refractivity contribution in [3.8, 4) is 0 Å². The van der Waals surface area contributed by atoms with Gasteiger partial charge in [0.2, 0.25) is 0 Å². The molecule has 0 unspecified atom stereocenters. The van der Waals surface area contributed by atoms with Gasteiger partial charge >= 0.3 is 0 Å². The van der Waals surface area contributed by atoms with Gasteiger partial charge in [0.25, 0.3) is 0 Å². The summed E-state index contributed by atoms with van der Waals surface area (Å²) >= 11 is 3.40. The summed E-state index contributed by atoms with van der Waals surface area (Å²) in [6.07, 6.45) is 11.5. The molecule has 0 bridgehead atoms. The van der Waals surface area contributed by atoms with Crippen LogP contribution in [0.25, 0.3) is 0 Å². The second-order valence-corrected chi connectivity index (χ2v) is 3.77. The maximum atomic E-state index is 3.40. The molecule has 0 atom stereocenters. The minimum atomic E-state index is 1.03. The zero-order valence-electron chi connectivity index (χ0n) is 6.35. The third kappa shape index (κ3) is 2.87. The van der Waals surface area contributed by atoms with E-state index in [9.17, 15) is 0 Å². The highest BCUT2D eigenvalue weighted by molar-refractivity contribution is 9.09. The summed E-state index contributed by atoms with van der Waals surface area (Å²) in [5, 5.41) is 1.11. The first-order valence-corrected chi connectivity index (χ1v) is 5.26. The number of hydrogen-bond acceptors (Lipinski definition) is 0. The van der Waals surface area contributed by atoms with Crippen molar-refractivity contribution in [3.63, 3.8) is 0 Å². The minimum absolute atomic E-state index is 1.03. The minimum Gasteiger partial charge on any atom is -0.0925 e. The molecule has 0 heterocycles. The molecule has 0 saturated heterocycles. The number of hydrogen-bond donors (Lipinski definition) is 0. The molecule has 1 fully saturated rings. The Morgan fingerprint density at radius 2 is 2.10 bits per heavy atom. The monoisotopic (exact) mass is 202 g/mol. The van der Waals surface area contributed by atoms with Crippen LogP contribution in [-0.2, 0) is 0 Å². The topological polar surface area (TPSA) is 0 Å². The van der Waals surface area contributed by atoms with Gasteiger partial charge in [0.05, 0.1) is 0 Å². The van der Waals surface area contributed by atoms with Crippen molar-refractivity contribution >= 4 is 15.9 Å². The van der Waals surface area contributed by atoms with Crippen LogP contribution in [0.1, 0.15) is 32.1 Å². The fraction of sp³-hybridized carbons (Fsp3) is 0.778. The van der Waals surface area contributed by atoms with E-state index in [2.05, 4.69) is 28.1 Å². The van der Waals surface area contributed by atoms with Gasteiger partial charge in [-0.15, -0.1) is 0 Å². The third-order valence-corrected chi connectivity index (χ3v) is 2.59. The molecule has 1 aliphatic carbocycles. The van der Waals surface area contributed by atoms with Crippen LogP contribution in [0.5, 0.6) is 0 Å². The van der Waals surface area contributed by atoms with E-state index in [4.69, 9.17) is 0 Å². The van der Waals surface area contributed by atoms with Crippen LogP contribution >= 0.6 is 15.9 Å². The Hall–Kier alpha value is 0.220. The lowest BCUT2D eigenvalue weighted by Crippen LogP contribution is -2.08. The molecule has 1 rings (SSSR count). The van der Waals surface area contributed by atoms with Gasteiger partial charge in [-0.05, 0) is 18.8 Å². The Labute approximate surface area is 71.8 Å². The van der Waals surface area contributed by atoms with Gasteiger partial charge in [-0.3, -0.25) is 0 Å². The van der Waals surface area contributed by atoms with Gasteiger partial charge in [0.15, 0.2) is 0 Å². The Balaban J connectivity index is 1.92. The van der Waals surface area contributed by atoms with Gasteiger partial charge in [0.1, 0.15) is 0 Å². The van der Waals surface area contributed by atoms with Crippen LogP contribution in [0.15, 0.2) is 12.2 Å². The fourth-order valence-electron chi connectivity index (χ4n) is 1.20. The van der Waals surface area contributed by atoms with Crippen LogP contribution in [0.4, 0.5) is 0 Å². The summed E-state index contributed by atoms with van der Waals surface area (Å²) in [6, 6.07) is 0. The Kier molecular flexibility index (Phi) is 4.12. The number of alkyl halides is 1. The molecular weight excluding hydrogens is 188 g/mol. The quantitative estimate of drug-likeness (QED) is 0.484. The normalized spacial score (nSPS) is 19.7. The molecule has 1 saturated carbocycles. The summed E-state index contributed by atoms with van der Waals surface area (Å²) in [7, 11) is 0. The lowest BCUT2D eigenvalue weighted by Gasteiger charge is -2.23. The molecule has 0 N–H and O–H groups in total. The molecule has 1 aliphatic rings. The van der Waals surface area contributed by atoms with E-state index in [-0.39, 0.29) is 0 Å². The lowest BCUT2D eigenvalue weighted by molar-refractivity contribution is 0.319. The van der Waals surface area contributed by atoms with E-state index in [1.165, 1.54) is 32.1 Å². The average molecular weight is 203 g/mol. The van der Waals surface area contributed by atoms with E-state index < -0.39 is 0 Å². The van der Waals surface area contributed by atoms with Gasteiger partial charge < -0.3 is 0 Å². The summed E-state index contributed by atoms with van der Waals surface area (Å²) in [5.41, 5.74) is 0. The van der Waals surface area contributed by atoms with Crippen LogP contribution in [0, 0.1) is 5.92 Å². The predicted molar refractivity (Wildman–Crippen MR) is 49.5 cm³/mol. The van der Waals surface area contributed by atoms with Crippen molar-refractivity contribution < 1.29 is 0 Å². The lowest BCUT2D eigenvalue weighted by atomic mass is 9.83. The van der Waals surface area contributed by atoms with Crippen molar-refractivity contribution in [1.82, 2.24) is 0 Å². The fourth-order valence-corrected chi connectivity index (χ4v) is 1.46. The number of halogens is 1. The first-order chi connectivity index (χ1) is 4.93. The van der Waals surface area contributed by atoms with Crippen molar-refractivity contribution in [2.24, 2.45) is 5.92 Å². The second kappa shape index (κ2) is 4.95. The van der Waals surface area contributed by atoms with Crippen molar-refractivity contribution in [2.75, 3.05) is 5.33 Å². The molecular formula is C9H15Br. The van der Waals surface area contributed by atoms with Crippen LogP contribution < -0.4 is 0 Å². The molecule has 0 aromatic heterocycles. The van der Waals surface area contributed by atoms with E-state index in [0.29, 0.717) is 0 Å². The summed E-state index contributed by atoms with van der Waals surface area (Å²) in [4.78, 5) is 0.